The molecule has 4 aromatic rings. The number of benzene rings is 3. The number of allylic oxidation sites excluding steroid dienone is 1. The number of ether oxygens (including phenoxy) is 3. The Bertz CT molecular complexity index is 1800. The van der Waals surface area contributed by atoms with Crippen molar-refractivity contribution < 1.29 is 19.3 Å². The molecule has 0 radical (unpaired) electrons. The lowest BCUT2D eigenvalue weighted by Crippen LogP contribution is -2.38. The zero-order valence-electron chi connectivity index (χ0n) is 21.9. The Hall–Kier alpha value is -4.30. The Morgan fingerprint density at radius 2 is 1.85 bits per heavy atom. The predicted molar refractivity (Wildman–Crippen MR) is 152 cm³/mol. The molecule has 0 bridgehead atoms. The fourth-order valence-electron chi connectivity index (χ4n) is 5.39. The molecule has 2 heterocycles. The summed E-state index contributed by atoms with van der Waals surface area (Å²) >= 11 is 1.36. The number of rotatable bonds is 6. The summed E-state index contributed by atoms with van der Waals surface area (Å²) in [5.74, 6) is 1.69. The molecule has 0 spiro atoms. The highest BCUT2D eigenvalue weighted by Crippen LogP contribution is 2.42. The number of hydrogen-bond donors (Lipinski definition) is 1. The van der Waals surface area contributed by atoms with Gasteiger partial charge in [0.25, 0.3) is 5.56 Å². The lowest BCUT2D eigenvalue weighted by atomic mass is 9.83. The minimum Gasteiger partial charge on any atom is -0.504 e. The summed E-state index contributed by atoms with van der Waals surface area (Å²) in [5.41, 5.74) is 6.01. The molecule has 6 rings (SSSR count). The van der Waals surface area contributed by atoms with Crippen LogP contribution in [0.5, 0.6) is 23.0 Å². The van der Waals surface area contributed by atoms with Crippen LogP contribution in [-0.2, 0) is 6.42 Å². The van der Waals surface area contributed by atoms with E-state index in [0.29, 0.717) is 33.2 Å². The first-order chi connectivity index (χ1) is 19.0. The molecule has 8 heteroatoms. The van der Waals surface area contributed by atoms with Gasteiger partial charge in [-0.15, -0.1) is 0 Å². The monoisotopic (exact) mass is 540 g/mol. The molecule has 7 nitrogen and oxygen atoms in total. The molecule has 0 amide bonds. The fourth-order valence-corrected chi connectivity index (χ4v) is 6.39. The van der Waals surface area contributed by atoms with Crippen molar-refractivity contribution in [2.75, 3.05) is 20.8 Å². The first kappa shape index (κ1) is 25.0. The van der Waals surface area contributed by atoms with Crippen LogP contribution in [0.25, 0.3) is 11.8 Å². The largest absolute Gasteiger partial charge is 0.504 e. The summed E-state index contributed by atoms with van der Waals surface area (Å²) in [7, 11) is 3.22. The molecule has 39 heavy (non-hydrogen) atoms. The summed E-state index contributed by atoms with van der Waals surface area (Å²) in [6.45, 7) is 2.29. The standard InChI is InChI=1S/C31H28N2O5S/c1-4-38-25-15-18(9-13-23(25)34)16-27-30(35)33-29(20-11-14-24(36-2)26(17-20)37-3)22-12-10-19-7-5-6-8-21(19)28(22)32-31(33)39-27/h5-9,11,13-17,29,34H,4,10,12H2,1-3H3/b27-16-/t29-/m0/s1. The lowest BCUT2D eigenvalue weighted by Gasteiger charge is -2.31. The maximum Gasteiger partial charge on any atom is 0.271 e. The Labute approximate surface area is 229 Å². The van der Waals surface area contributed by atoms with E-state index in [0.717, 1.165) is 40.8 Å². The zero-order valence-corrected chi connectivity index (χ0v) is 22.7. The molecule has 1 atom stereocenters. The fraction of sp³-hybridized carbons (Fsp3) is 0.226. The van der Waals surface area contributed by atoms with Crippen LogP contribution in [0.3, 0.4) is 0 Å². The first-order valence-corrected chi connectivity index (χ1v) is 13.6. The minimum atomic E-state index is -0.328. The predicted octanol–water partition coefficient (Wildman–Crippen LogP) is 4.44. The summed E-state index contributed by atoms with van der Waals surface area (Å²) in [5, 5.41) is 10.1. The van der Waals surface area contributed by atoms with Crippen molar-refractivity contribution in [1.29, 1.82) is 0 Å². The Balaban J connectivity index is 1.59. The Kier molecular flexibility index (Phi) is 6.48. The van der Waals surface area contributed by atoms with Gasteiger partial charge in [-0.25, -0.2) is 4.99 Å². The van der Waals surface area contributed by atoms with Crippen LogP contribution in [0.2, 0.25) is 0 Å². The molecule has 1 aliphatic carbocycles. The number of phenolic OH excluding ortho intramolecular Hbond substituents is 1. The third-order valence-corrected chi connectivity index (χ3v) is 8.16. The van der Waals surface area contributed by atoms with Gasteiger partial charge in [0, 0.05) is 5.56 Å². The molecule has 1 aliphatic heterocycles. The Morgan fingerprint density at radius 3 is 2.64 bits per heavy atom. The third kappa shape index (κ3) is 4.30. The molecule has 0 saturated heterocycles. The smallest absolute Gasteiger partial charge is 0.271 e. The number of thiazole rings is 1. The van der Waals surface area contributed by atoms with Gasteiger partial charge in [-0.05, 0) is 72.4 Å². The van der Waals surface area contributed by atoms with E-state index in [9.17, 15) is 9.90 Å². The molecule has 1 N–H and O–H groups in total. The molecule has 0 saturated carbocycles. The van der Waals surface area contributed by atoms with Gasteiger partial charge >= 0.3 is 0 Å². The topological polar surface area (TPSA) is 82.3 Å². The molecular weight excluding hydrogens is 512 g/mol. The maximum atomic E-state index is 14.0. The van der Waals surface area contributed by atoms with Crippen LogP contribution < -0.4 is 29.1 Å². The normalized spacial score (nSPS) is 16.2. The number of nitrogens with zero attached hydrogens (tertiary/aromatic N) is 2. The van der Waals surface area contributed by atoms with Crippen molar-refractivity contribution in [3.8, 4) is 23.0 Å². The van der Waals surface area contributed by atoms with Crippen molar-refractivity contribution in [1.82, 2.24) is 4.57 Å². The summed E-state index contributed by atoms with van der Waals surface area (Å²) in [6, 6.07) is 18.9. The van der Waals surface area contributed by atoms with Crippen molar-refractivity contribution in [3.63, 3.8) is 0 Å². The van der Waals surface area contributed by atoms with E-state index in [-0.39, 0.29) is 17.4 Å². The van der Waals surface area contributed by atoms with Crippen LogP contribution >= 0.6 is 11.3 Å². The number of phenols is 1. The van der Waals surface area contributed by atoms with E-state index in [4.69, 9.17) is 19.2 Å². The summed E-state index contributed by atoms with van der Waals surface area (Å²) in [4.78, 5) is 19.7. The number of aryl methyl sites for hydroxylation is 1. The van der Waals surface area contributed by atoms with E-state index in [1.807, 2.05) is 37.3 Å². The van der Waals surface area contributed by atoms with E-state index in [1.54, 1.807) is 37.0 Å². The SMILES string of the molecule is CCOc1cc(/C=c2\sc3n(c2=O)[C@@H](c2ccc(OC)c(OC)c2)C2=C(N=3)c3ccccc3CC2)ccc1O. The van der Waals surface area contributed by atoms with Crippen LogP contribution in [0.15, 0.2) is 76.0 Å². The highest BCUT2D eigenvalue weighted by molar-refractivity contribution is 7.07. The number of aromatic hydroxyl groups is 1. The average molecular weight is 541 g/mol. The molecule has 198 valence electrons. The highest BCUT2D eigenvalue weighted by atomic mass is 32.1. The quantitative estimate of drug-likeness (QED) is 0.391. The molecule has 1 aromatic heterocycles. The van der Waals surface area contributed by atoms with Crippen molar-refractivity contribution in [2.24, 2.45) is 4.99 Å². The molecule has 2 aliphatic rings. The second-order valence-electron chi connectivity index (χ2n) is 9.39. The van der Waals surface area contributed by atoms with Gasteiger partial charge in [0.1, 0.15) is 0 Å². The molecule has 0 fully saturated rings. The second kappa shape index (κ2) is 10.1. The van der Waals surface area contributed by atoms with E-state index in [2.05, 4.69) is 18.2 Å². The van der Waals surface area contributed by atoms with Crippen molar-refractivity contribution in [3.05, 3.63) is 108 Å². The average Bonchev–Trinajstić information content (AvgIpc) is 3.27. The van der Waals surface area contributed by atoms with Crippen LogP contribution in [0.1, 0.15) is 41.6 Å². The summed E-state index contributed by atoms with van der Waals surface area (Å²) in [6.07, 6.45) is 3.51. The van der Waals surface area contributed by atoms with Crippen LogP contribution in [-0.4, -0.2) is 30.5 Å². The summed E-state index contributed by atoms with van der Waals surface area (Å²) < 4.78 is 19.0. The van der Waals surface area contributed by atoms with Crippen molar-refractivity contribution >= 4 is 23.1 Å². The number of fused-ring (bicyclic) bond motifs is 3. The van der Waals surface area contributed by atoms with Gasteiger partial charge in [-0.1, -0.05) is 47.7 Å². The Morgan fingerprint density at radius 1 is 1.03 bits per heavy atom. The van der Waals surface area contributed by atoms with Gasteiger partial charge in [0.15, 0.2) is 27.8 Å². The van der Waals surface area contributed by atoms with Gasteiger partial charge in [0.05, 0.1) is 37.1 Å². The number of hydrogen-bond acceptors (Lipinski definition) is 7. The van der Waals surface area contributed by atoms with E-state index >= 15 is 0 Å². The van der Waals surface area contributed by atoms with Gasteiger partial charge < -0.3 is 19.3 Å². The number of aromatic nitrogens is 1. The third-order valence-electron chi connectivity index (χ3n) is 7.18. The van der Waals surface area contributed by atoms with E-state index < -0.39 is 0 Å². The van der Waals surface area contributed by atoms with Gasteiger partial charge in [0.2, 0.25) is 0 Å². The molecule has 3 aromatic carbocycles. The zero-order chi connectivity index (χ0) is 27.1. The molecular formula is C31H28N2O5S. The van der Waals surface area contributed by atoms with Crippen LogP contribution in [0.4, 0.5) is 0 Å². The van der Waals surface area contributed by atoms with Crippen LogP contribution in [0, 0.1) is 0 Å². The van der Waals surface area contributed by atoms with Gasteiger partial charge in [-0.2, -0.15) is 0 Å². The lowest BCUT2D eigenvalue weighted by molar-refractivity contribution is 0.318. The minimum absolute atomic E-state index is 0.0650. The van der Waals surface area contributed by atoms with Crippen molar-refractivity contribution in [2.45, 2.75) is 25.8 Å². The van der Waals surface area contributed by atoms with E-state index in [1.165, 1.54) is 16.9 Å². The number of methoxy groups -OCH3 is 2. The van der Waals surface area contributed by atoms with Gasteiger partial charge in [-0.3, -0.25) is 9.36 Å². The highest BCUT2D eigenvalue weighted by Gasteiger charge is 2.33. The second-order valence-corrected chi connectivity index (χ2v) is 10.4. The first-order valence-electron chi connectivity index (χ1n) is 12.8. The maximum absolute atomic E-state index is 14.0. The molecule has 0 unspecified atom stereocenters.